The van der Waals surface area contributed by atoms with Crippen molar-refractivity contribution in [3.05, 3.63) is 64.5 Å². The van der Waals surface area contributed by atoms with E-state index in [4.69, 9.17) is 4.74 Å². The Morgan fingerprint density at radius 2 is 2.00 bits per heavy atom. The van der Waals surface area contributed by atoms with Crippen LogP contribution in [-0.2, 0) is 11.3 Å². The molecule has 134 valence electrons. The highest BCUT2D eigenvalue weighted by Gasteiger charge is 2.28. The number of carbonyl (C=O) groups is 1. The summed E-state index contributed by atoms with van der Waals surface area (Å²) in [5.41, 5.74) is 2.32. The summed E-state index contributed by atoms with van der Waals surface area (Å²) in [5.74, 6) is -0.0000175. The maximum Gasteiger partial charge on any atom is 0.272 e. The Morgan fingerprint density at radius 3 is 2.73 bits per heavy atom. The standard InChI is InChI=1S/C20H21N3O2S/c24-20(19-13-18(21-22-19)15-5-2-1-3-6-15)23(14-17-7-4-12-26-17)16-8-10-25-11-9-16/h1-7,12-13,16H,8-11,14H2,(H,21,22). The second-order valence-corrected chi connectivity index (χ2v) is 7.42. The fourth-order valence-electron chi connectivity index (χ4n) is 3.28. The van der Waals surface area contributed by atoms with E-state index >= 15 is 0 Å². The van der Waals surface area contributed by atoms with Gasteiger partial charge in [-0.05, 0) is 30.4 Å². The third-order valence-electron chi connectivity index (χ3n) is 4.68. The Labute approximate surface area is 156 Å². The lowest BCUT2D eigenvalue weighted by atomic mass is 10.1. The summed E-state index contributed by atoms with van der Waals surface area (Å²) in [6, 6.07) is 16.0. The Hall–Kier alpha value is -2.44. The average molecular weight is 367 g/mol. The molecule has 2 aromatic heterocycles. The first-order valence-electron chi connectivity index (χ1n) is 8.83. The van der Waals surface area contributed by atoms with E-state index in [-0.39, 0.29) is 11.9 Å². The molecule has 0 saturated carbocycles. The number of rotatable bonds is 5. The predicted octanol–water partition coefficient (Wildman–Crippen LogP) is 3.96. The molecule has 4 rings (SSSR count). The molecule has 0 bridgehead atoms. The second kappa shape index (κ2) is 7.85. The number of carbonyl (C=O) groups excluding carboxylic acids is 1. The van der Waals surface area contributed by atoms with E-state index in [9.17, 15) is 4.79 Å². The van der Waals surface area contributed by atoms with Crippen molar-refractivity contribution in [1.82, 2.24) is 15.1 Å². The lowest BCUT2D eigenvalue weighted by molar-refractivity contribution is 0.0266. The SMILES string of the molecule is O=C(c1cc(-c2ccccc2)n[nH]1)N(Cc1cccs1)C1CCOCC1. The fraction of sp³-hybridized carbons (Fsp3) is 0.300. The van der Waals surface area contributed by atoms with Crippen molar-refractivity contribution in [2.75, 3.05) is 13.2 Å². The van der Waals surface area contributed by atoms with Crippen molar-refractivity contribution in [2.45, 2.75) is 25.4 Å². The minimum Gasteiger partial charge on any atom is -0.381 e. The van der Waals surface area contributed by atoms with Gasteiger partial charge in [-0.3, -0.25) is 9.89 Å². The molecule has 6 heteroatoms. The van der Waals surface area contributed by atoms with Crippen LogP contribution in [-0.4, -0.2) is 40.3 Å². The van der Waals surface area contributed by atoms with Crippen LogP contribution in [0.3, 0.4) is 0 Å². The van der Waals surface area contributed by atoms with Crippen molar-refractivity contribution in [3.8, 4) is 11.3 Å². The summed E-state index contributed by atoms with van der Waals surface area (Å²) < 4.78 is 5.48. The van der Waals surface area contributed by atoms with E-state index < -0.39 is 0 Å². The minimum atomic E-state index is -0.0000175. The average Bonchev–Trinajstić information content (AvgIpc) is 3.39. The first-order valence-corrected chi connectivity index (χ1v) is 9.71. The number of nitrogens with one attached hydrogen (secondary N) is 1. The largest absolute Gasteiger partial charge is 0.381 e. The molecule has 5 nitrogen and oxygen atoms in total. The second-order valence-electron chi connectivity index (χ2n) is 6.39. The van der Waals surface area contributed by atoms with Gasteiger partial charge in [0.1, 0.15) is 5.69 Å². The third kappa shape index (κ3) is 3.71. The monoisotopic (exact) mass is 367 g/mol. The maximum atomic E-state index is 13.2. The number of thiophene rings is 1. The molecule has 1 aliphatic rings. The molecule has 0 spiro atoms. The summed E-state index contributed by atoms with van der Waals surface area (Å²) in [5, 5.41) is 9.32. The van der Waals surface area contributed by atoms with Crippen LogP contribution in [0.25, 0.3) is 11.3 Å². The molecule has 0 aliphatic carbocycles. The van der Waals surface area contributed by atoms with Gasteiger partial charge < -0.3 is 9.64 Å². The van der Waals surface area contributed by atoms with E-state index in [1.54, 1.807) is 11.3 Å². The number of hydrogen-bond donors (Lipinski definition) is 1. The molecule has 1 N–H and O–H groups in total. The zero-order valence-electron chi connectivity index (χ0n) is 14.4. The van der Waals surface area contributed by atoms with Crippen LogP contribution in [0.4, 0.5) is 0 Å². The number of ether oxygens (including phenoxy) is 1. The molecule has 1 aromatic carbocycles. The molecule has 0 atom stereocenters. The van der Waals surface area contributed by atoms with Gasteiger partial charge in [-0.1, -0.05) is 36.4 Å². The van der Waals surface area contributed by atoms with Crippen LogP contribution in [0, 0.1) is 0 Å². The van der Waals surface area contributed by atoms with Crippen LogP contribution in [0.2, 0.25) is 0 Å². The smallest absolute Gasteiger partial charge is 0.272 e. The highest BCUT2D eigenvalue weighted by molar-refractivity contribution is 7.09. The fourth-order valence-corrected chi connectivity index (χ4v) is 3.98. The lowest BCUT2D eigenvalue weighted by Crippen LogP contribution is -2.43. The van der Waals surface area contributed by atoms with Crippen molar-refractivity contribution in [1.29, 1.82) is 0 Å². The third-order valence-corrected chi connectivity index (χ3v) is 5.54. The molecule has 1 amide bonds. The number of hydrogen-bond acceptors (Lipinski definition) is 4. The van der Waals surface area contributed by atoms with Gasteiger partial charge in [0.05, 0.1) is 12.2 Å². The van der Waals surface area contributed by atoms with Crippen LogP contribution in [0.1, 0.15) is 28.2 Å². The van der Waals surface area contributed by atoms with Gasteiger partial charge in [-0.25, -0.2) is 0 Å². The van der Waals surface area contributed by atoms with Gasteiger partial charge in [-0.2, -0.15) is 5.10 Å². The first kappa shape index (κ1) is 17.0. The Kier molecular flexibility index (Phi) is 5.13. The number of benzene rings is 1. The molecule has 0 radical (unpaired) electrons. The van der Waals surface area contributed by atoms with Gasteiger partial charge in [-0.15, -0.1) is 11.3 Å². The normalized spacial score (nSPS) is 15.1. The summed E-state index contributed by atoms with van der Waals surface area (Å²) in [7, 11) is 0. The molecule has 1 fully saturated rings. The highest BCUT2D eigenvalue weighted by Crippen LogP contribution is 2.23. The number of amides is 1. The van der Waals surface area contributed by atoms with Gasteiger partial charge in [0.15, 0.2) is 0 Å². The van der Waals surface area contributed by atoms with Gasteiger partial charge >= 0.3 is 0 Å². The van der Waals surface area contributed by atoms with Crippen LogP contribution in [0.15, 0.2) is 53.9 Å². The van der Waals surface area contributed by atoms with E-state index in [2.05, 4.69) is 16.3 Å². The van der Waals surface area contributed by atoms with Gasteiger partial charge in [0, 0.05) is 29.7 Å². The van der Waals surface area contributed by atoms with Crippen molar-refractivity contribution in [2.24, 2.45) is 0 Å². The quantitative estimate of drug-likeness (QED) is 0.743. The zero-order valence-corrected chi connectivity index (χ0v) is 15.2. The molecule has 1 saturated heterocycles. The number of aromatic nitrogens is 2. The van der Waals surface area contributed by atoms with E-state index in [0.717, 1.165) is 24.1 Å². The Morgan fingerprint density at radius 1 is 1.19 bits per heavy atom. The lowest BCUT2D eigenvalue weighted by Gasteiger charge is -2.33. The summed E-state index contributed by atoms with van der Waals surface area (Å²) >= 11 is 1.68. The van der Waals surface area contributed by atoms with E-state index in [0.29, 0.717) is 25.5 Å². The zero-order chi connectivity index (χ0) is 17.8. The Balaban J connectivity index is 1.58. The molecule has 3 heterocycles. The van der Waals surface area contributed by atoms with Gasteiger partial charge in [0.2, 0.25) is 0 Å². The van der Waals surface area contributed by atoms with Crippen molar-refractivity contribution < 1.29 is 9.53 Å². The van der Waals surface area contributed by atoms with E-state index in [1.165, 1.54) is 4.88 Å². The molecule has 0 unspecified atom stereocenters. The maximum absolute atomic E-state index is 13.2. The first-order chi connectivity index (χ1) is 12.8. The van der Waals surface area contributed by atoms with Crippen molar-refractivity contribution >= 4 is 17.2 Å². The molecule has 3 aromatic rings. The molecule has 1 aliphatic heterocycles. The van der Waals surface area contributed by atoms with Crippen LogP contribution in [0.5, 0.6) is 0 Å². The minimum absolute atomic E-state index is 0.0000175. The van der Waals surface area contributed by atoms with Gasteiger partial charge in [0.25, 0.3) is 5.91 Å². The number of H-pyrrole nitrogens is 1. The predicted molar refractivity (Wildman–Crippen MR) is 102 cm³/mol. The molecular weight excluding hydrogens is 346 g/mol. The number of aromatic amines is 1. The highest BCUT2D eigenvalue weighted by atomic mass is 32.1. The van der Waals surface area contributed by atoms with Crippen molar-refractivity contribution in [3.63, 3.8) is 0 Å². The number of nitrogens with zero attached hydrogens (tertiary/aromatic N) is 2. The molecular formula is C20H21N3O2S. The summed E-state index contributed by atoms with van der Waals surface area (Å²) in [6.07, 6.45) is 1.74. The van der Waals surface area contributed by atoms with Crippen LogP contribution < -0.4 is 0 Å². The Bertz CT molecular complexity index is 839. The molecule has 26 heavy (non-hydrogen) atoms. The summed E-state index contributed by atoms with van der Waals surface area (Å²) in [4.78, 5) is 16.4. The van der Waals surface area contributed by atoms with E-state index in [1.807, 2.05) is 52.7 Å². The summed E-state index contributed by atoms with van der Waals surface area (Å²) in [6.45, 7) is 2.04. The topological polar surface area (TPSA) is 58.2 Å². The van der Waals surface area contributed by atoms with Crippen LogP contribution >= 0.6 is 11.3 Å².